The average molecular weight is 556 g/mol. The maximum Gasteiger partial charge on any atom is 0.513 e. The average Bonchev–Trinajstić information content (AvgIpc) is 3.23. The molecule has 41 heavy (non-hydrogen) atoms. The number of rotatable bonds is 7. The van der Waals surface area contributed by atoms with Crippen molar-refractivity contribution >= 4 is 41.2 Å². The van der Waals surface area contributed by atoms with Crippen molar-refractivity contribution in [2.24, 2.45) is 0 Å². The van der Waals surface area contributed by atoms with Crippen LogP contribution in [-0.4, -0.2) is 47.3 Å². The number of nitrogens with zero attached hydrogens (tertiary/aromatic N) is 1. The van der Waals surface area contributed by atoms with Gasteiger partial charge in [-0.1, -0.05) is 31.4 Å². The van der Waals surface area contributed by atoms with Crippen molar-refractivity contribution in [2.75, 3.05) is 17.2 Å². The molecule has 3 aromatic rings. The van der Waals surface area contributed by atoms with Gasteiger partial charge in [0.1, 0.15) is 5.75 Å². The summed E-state index contributed by atoms with van der Waals surface area (Å²) < 4.78 is 9.74. The minimum absolute atomic E-state index is 0.106. The summed E-state index contributed by atoms with van der Waals surface area (Å²) in [6.45, 7) is 1.84. The summed E-state index contributed by atoms with van der Waals surface area (Å²) in [6.07, 6.45) is 3.83. The van der Waals surface area contributed by atoms with Gasteiger partial charge < -0.3 is 20.1 Å². The Morgan fingerprint density at radius 2 is 1.37 bits per heavy atom. The number of fused-ring (bicyclic) bond motifs is 1. The molecule has 1 saturated carbocycles. The fourth-order valence-corrected chi connectivity index (χ4v) is 5.08. The maximum atomic E-state index is 13.2. The number of anilines is 2. The predicted octanol–water partition coefficient (Wildman–Crippen LogP) is 5.66. The molecule has 5 rings (SSSR count). The van der Waals surface area contributed by atoms with Crippen molar-refractivity contribution in [3.63, 3.8) is 0 Å². The molecule has 0 bridgehead atoms. The predicted molar refractivity (Wildman–Crippen MR) is 150 cm³/mol. The van der Waals surface area contributed by atoms with Crippen LogP contribution in [0.25, 0.3) is 0 Å². The summed E-state index contributed by atoms with van der Waals surface area (Å²) in [4.78, 5) is 65.0. The second-order valence-electron chi connectivity index (χ2n) is 9.80. The van der Waals surface area contributed by atoms with Crippen LogP contribution in [0.1, 0.15) is 80.5 Å². The number of ether oxygens (including phenoxy) is 2. The van der Waals surface area contributed by atoms with E-state index < -0.39 is 18.0 Å². The van der Waals surface area contributed by atoms with Crippen molar-refractivity contribution in [3.8, 4) is 5.75 Å². The van der Waals surface area contributed by atoms with Crippen LogP contribution >= 0.6 is 0 Å². The van der Waals surface area contributed by atoms with Crippen molar-refractivity contribution in [3.05, 3.63) is 89.0 Å². The third kappa shape index (κ3) is 5.96. The Morgan fingerprint density at radius 1 is 0.780 bits per heavy atom. The van der Waals surface area contributed by atoms with Crippen LogP contribution in [0.2, 0.25) is 0 Å². The normalized spacial score (nSPS) is 14.8. The first-order chi connectivity index (χ1) is 19.9. The second-order valence-corrected chi connectivity index (χ2v) is 9.80. The van der Waals surface area contributed by atoms with Crippen LogP contribution in [0, 0.1) is 0 Å². The lowest BCUT2D eigenvalue weighted by atomic mass is 9.94. The number of amides is 4. The van der Waals surface area contributed by atoms with Gasteiger partial charge in [-0.15, -0.1) is 0 Å². The number of hydrogen-bond acceptors (Lipinski definition) is 7. The van der Waals surface area contributed by atoms with E-state index in [2.05, 4.69) is 10.6 Å². The molecule has 0 spiro atoms. The number of hydrogen-bond donors (Lipinski definition) is 2. The van der Waals surface area contributed by atoms with Crippen molar-refractivity contribution in [2.45, 2.75) is 45.1 Å². The zero-order valence-electron chi connectivity index (χ0n) is 22.5. The van der Waals surface area contributed by atoms with Gasteiger partial charge in [-0.05, 0) is 74.4 Å². The maximum absolute atomic E-state index is 13.2. The van der Waals surface area contributed by atoms with Crippen LogP contribution in [-0.2, 0) is 4.74 Å². The largest absolute Gasteiger partial charge is 0.513 e. The fourth-order valence-electron chi connectivity index (χ4n) is 5.08. The van der Waals surface area contributed by atoms with Crippen molar-refractivity contribution < 1.29 is 33.4 Å². The van der Waals surface area contributed by atoms with Gasteiger partial charge in [0.15, 0.2) is 0 Å². The smallest absolute Gasteiger partial charge is 0.434 e. The summed E-state index contributed by atoms with van der Waals surface area (Å²) in [7, 11) is 0. The minimum atomic E-state index is -0.838. The molecule has 0 unspecified atom stereocenters. The Bertz CT molecular complexity index is 1510. The number of carbonyl (C=O) groups is 5. The van der Waals surface area contributed by atoms with Gasteiger partial charge in [-0.3, -0.25) is 24.1 Å². The number of benzene rings is 3. The van der Waals surface area contributed by atoms with Gasteiger partial charge >= 0.3 is 6.16 Å². The Morgan fingerprint density at radius 3 is 2.00 bits per heavy atom. The highest BCUT2D eigenvalue weighted by Gasteiger charge is 2.40. The third-order valence-corrected chi connectivity index (χ3v) is 7.12. The second kappa shape index (κ2) is 12.0. The van der Waals surface area contributed by atoms with E-state index in [0.717, 1.165) is 32.1 Å². The summed E-state index contributed by atoms with van der Waals surface area (Å²) >= 11 is 0. The lowest BCUT2D eigenvalue weighted by Gasteiger charge is -2.29. The van der Waals surface area contributed by atoms with Gasteiger partial charge in [0.05, 0.1) is 29.1 Å². The number of carbonyl (C=O) groups excluding carboxylic acids is 5. The molecule has 1 aliphatic heterocycles. The Labute approximate surface area is 236 Å². The number of nitrogens with one attached hydrogen (secondary N) is 2. The van der Waals surface area contributed by atoms with E-state index in [1.807, 2.05) is 0 Å². The van der Waals surface area contributed by atoms with Gasteiger partial charge in [0, 0.05) is 17.2 Å². The Kier molecular flexibility index (Phi) is 8.09. The zero-order valence-corrected chi connectivity index (χ0v) is 22.5. The summed E-state index contributed by atoms with van der Waals surface area (Å²) in [5.74, 6) is -1.38. The van der Waals surface area contributed by atoms with Crippen molar-refractivity contribution in [1.29, 1.82) is 0 Å². The lowest BCUT2D eigenvalue weighted by molar-refractivity contribution is 0.0548. The van der Waals surface area contributed by atoms with E-state index in [9.17, 15) is 24.0 Å². The number of imide groups is 1. The van der Waals surface area contributed by atoms with E-state index in [1.54, 1.807) is 31.2 Å². The summed E-state index contributed by atoms with van der Waals surface area (Å²) in [5, 5.41) is 5.55. The van der Waals surface area contributed by atoms with E-state index in [0.29, 0.717) is 22.5 Å². The first-order valence-electron chi connectivity index (χ1n) is 13.5. The highest BCUT2D eigenvalue weighted by molar-refractivity contribution is 6.22. The molecule has 1 aliphatic carbocycles. The van der Waals surface area contributed by atoms with E-state index >= 15 is 0 Å². The molecule has 0 saturated heterocycles. The highest BCUT2D eigenvalue weighted by atomic mass is 16.7. The molecular formula is C31H29N3O7. The molecule has 4 amide bonds. The Hall–Kier alpha value is -4.99. The van der Waals surface area contributed by atoms with Crippen LogP contribution in [0.3, 0.4) is 0 Å². The molecule has 10 heteroatoms. The molecule has 0 atom stereocenters. The van der Waals surface area contributed by atoms with Crippen LogP contribution in [0.15, 0.2) is 66.7 Å². The molecule has 3 aromatic carbocycles. The van der Waals surface area contributed by atoms with E-state index in [1.165, 1.54) is 47.4 Å². The molecule has 0 radical (unpaired) electrons. The first-order valence-corrected chi connectivity index (χ1v) is 13.5. The van der Waals surface area contributed by atoms with Crippen LogP contribution in [0.5, 0.6) is 5.75 Å². The SMILES string of the molecule is CCOC(=O)Oc1ccc(C(=O)Nc2ccccc2NC(=O)c2ccc3c(c2)C(=O)N(C2CCCCC2)C3=O)cc1. The summed E-state index contributed by atoms with van der Waals surface area (Å²) in [6, 6.07) is 17.0. The monoisotopic (exact) mass is 555 g/mol. The molecule has 2 aliphatic rings. The van der Waals surface area contributed by atoms with Crippen LogP contribution in [0.4, 0.5) is 16.2 Å². The topological polar surface area (TPSA) is 131 Å². The standard InChI is InChI=1S/C31H29N3O7/c1-2-40-31(39)41-22-15-12-19(13-16-22)27(35)32-25-10-6-7-11-26(25)33-28(36)20-14-17-23-24(18-20)30(38)34(29(23)37)21-8-4-3-5-9-21/h6-7,10-18,21H,2-5,8-9H2,1H3,(H,32,35)(H,33,36). The van der Waals surface area contributed by atoms with Gasteiger partial charge in [0.2, 0.25) is 0 Å². The molecule has 0 aromatic heterocycles. The third-order valence-electron chi connectivity index (χ3n) is 7.12. The minimum Gasteiger partial charge on any atom is -0.434 e. The molecule has 2 N–H and O–H groups in total. The molecule has 10 nitrogen and oxygen atoms in total. The molecular weight excluding hydrogens is 526 g/mol. The molecule has 1 heterocycles. The molecule has 210 valence electrons. The number of para-hydroxylation sites is 2. The van der Waals surface area contributed by atoms with Crippen LogP contribution < -0.4 is 15.4 Å². The lowest BCUT2D eigenvalue weighted by Crippen LogP contribution is -2.40. The molecule has 1 fully saturated rings. The quantitative estimate of drug-likeness (QED) is 0.219. The fraction of sp³-hybridized carbons (Fsp3) is 0.258. The van der Waals surface area contributed by atoms with Gasteiger partial charge in [0.25, 0.3) is 23.6 Å². The van der Waals surface area contributed by atoms with E-state index in [-0.39, 0.29) is 41.3 Å². The first kappa shape index (κ1) is 27.6. The summed E-state index contributed by atoms with van der Waals surface area (Å²) in [5.41, 5.74) is 1.75. The zero-order chi connectivity index (χ0) is 28.9. The van der Waals surface area contributed by atoms with Gasteiger partial charge in [-0.2, -0.15) is 0 Å². The van der Waals surface area contributed by atoms with Crippen molar-refractivity contribution in [1.82, 2.24) is 4.90 Å². The highest BCUT2D eigenvalue weighted by Crippen LogP contribution is 2.32. The van der Waals surface area contributed by atoms with E-state index in [4.69, 9.17) is 9.47 Å². The van der Waals surface area contributed by atoms with Gasteiger partial charge in [-0.25, -0.2) is 4.79 Å². The Balaban J connectivity index is 1.27.